The molecule has 1 atom stereocenters. The summed E-state index contributed by atoms with van der Waals surface area (Å²) in [6.07, 6.45) is 1.08. The Balaban J connectivity index is 3.51. The Morgan fingerprint density at radius 2 is 2.44 bits per heavy atom. The van der Waals surface area contributed by atoms with Crippen molar-refractivity contribution in [2.24, 2.45) is 10.7 Å². The highest BCUT2D eigenvalue weighted by atomic mass is 16.2. The van der Waals surface area contributed by atoms with Gasteiger partial charge in [-0.15, -0.1) is 0 Å². The average Bonchev–Trinajstić information content (AvgIpc) is 1.63. The van der Waals surface area contributed by atoms with Crippen LogP contribution in [0.15, 0.2) is 4.99 Å². The summed E-state index contributed by atoms with van der Waals surface area (Å²) in [6, 6.07) is -0.396. The zero-order chi connectivity index (χ0) is 7.28. The number of hydrogen-bond acceptors (Lipinski definition) is 2. The number of nitrogens with zero attached hydrogens (tertiary/aromatic N) is 1. The molecule has 0 aromatic carbocycles. The lowest BCUT2D eigenvalue weighted by atomic mass is 10.6. The lowest BCUT2D eigenvalue weighted by Gasteiger charge is -2.02. The molecule has 0 aliphatic carbocycles. The minimum absolute atomic E-state index is 0.332. The third kappa shape index (κ3) is 4.96. The van der Waals surface area contributed by atoms with Crippen LogP contribution in [0.5, 0.6) is 0 Å². The first-order chi connectivity index (χ1) is 4.16. The summed E-state index contributed by atoms with van der Waals surface area (Å²) in [5.74, 6) is 0. The Morgan fingerprint density at radius 1 is 1.89 bits per heavy atom. The van der Waals surface area contributed by atoms with Crippen molar-refractivity contribution < 1.29 is 4.79 Å². The maximum Gasteiger partial charge on any atom is 0.341 e. The summed E-state index contributed by atoms with van der Waals surface area (Å²) in [5.41, 5.74) is 5.22. The van der Waals surface area contributed by atoms with Crippen LogP contribution < -0.4 is 11.1 Å². The second kappa shape index (κ2) is 4.03. The molecule has 0 heterocycles. The van der Waals surface area contributed by atoms with Crippen LogP contribution in [0.3, 0.4) is 0 Å². The van der Waals surface area contributed by atoms with Gasteiger partial charge in [0.2, 0.25) is 0 Å². The number of rotatable bonds is 1. The molecule has 0 rings (SSSR count). The van der Waals surface area contributed by atoms with Crippen molar-refractivity contribution in [2.45, 2.75) is 20.0 Å². The zero-order valence-corrected chi connectivity index (χ0v) is 5.59. The molecule has 3 N–H and O–H groups in total. The van der Waals surface area contributed by atoms with Gasteiger partial charge in [-0.2, -0.15) is 0 Å². The predicted octanol–water partition coefficient (Wildman–Crippen LogP) is 0.0914. The fourth-order valence-corrected chi connectivity index (χ4v) is 0.349. The van der Waals surface area contributed by atoms with Gasteiger partial charge in [-0.25, -0.2) is 9.79 Å². The smallest absolute Gasteiger partial charge is 0.321 e. The monoisotopic (exact) mass is 129 g/mol. The van der Waals surface area contributed by atoms with Crippen molar-refractivity contribution in [3.8, 4) is 0 Å². The molecule has 0 saturated carbocycles. The first kappa shape index (κ1) is 8.10. The summed E-state index contributed by atoms with van der Waals surface area (Å²) < 4.78 is 0. The first-order valence-corrected chi connectivity index (χ1v) is 2.71. The third-order valence-electron chi connectivity index (χ3n) is 0.597. The molecule has 0 saturated heterocycles. The van der Waals surface area contributed by atoms with Crippen molar-refractivity contribution in [1.29, 1.82) is 0 Å². The van der Waals surface area contributed by atoms with E-state index in [0.29, 0.717) is 0 Å². The lowest BCUT2D eigenvalue weighted by Crippen LogP contribution is -2.37. The van der Waals surface area contributed by atoms with E-state index < -0.39 is 6.03 Å². The van der Waals surface area contributed by atoms with E-state index in [9.17, 15) is 4.79 Å². The first-order valence-electron chi connectivity index (χ1n) is 2.71. The second-order valence-electron chi connectivity index (χ2n) is 1.63. The van der Waals surface area contributed by atoms with Crippen LogP contribution in [0.25, 0.3) is 0 Å². The van der Waals surface area contributed by atoms with E-state index in [0.717, 1.165) is 0 Å². The van der Waals surface area contributed by atoms with Crippen molar-refractivity contribution in [1.82, 2.24) is 5.32 Å². The fraction of sp³-hybridized carbons (Fsp3) is 0.600. The number of carbonyl (C=O) groups is 1. The number of nitrogens with one attached hydrogen (secondary N) is 1. The Kier molecular flexibility index (Phi) is 3.62. The molecule has 52 valence electrons. The molecule has 0 radical (unpaired) electrons. The standard InChI is InChI=1S/C5H11N3O/c1-3-7-5(9)8-4(2)6/h3-4H,6H2,1-2H3,(H,8,9). The number of amides is 2. The Morgan fingerprint density at radius 3 is 2.78 bits per heavy atom. The number of urea groups is 1. The van der Waals surface area contributed by atoms with Gasteiger partial charge in [0, 0.05) is 6.21 Å². The summed E-state index contributed by atoms with van der Waals surface area (Å²) >= 11 is 0. The van der Waals surface area contributed by atoms with Gasteiger partial charge in [-0.3, -0.25) is 0 Å². The minimum atomic E-state index is -0.396. The number of nitrogens with two attached hydrogens (primary N) is 1. The van der Waals surface area contributed by atoms with E-state index in [1.165, 1.54) is 6.21 Å². The average molecular weight is 129 g/mol. The van der Waals surface area contributed by atoms with E-state index >= 15 is 0 Å². The van der Waals surface area contributed by atoms with Crippen LogP contribution in [-0.4, -0.2) is 18.4 Å². The molecule has 0 aliphatic heterocycles. The largest absolute Gasteiger partial charge is 0.341 e. The van der Waals surface area contributed by atoms with Crippen LogP contribution in [-0.2, 0) is 0 Å². The zero-order valence-electron chi connectivity index (χ0n) is 5.59. The molecule has 2 amide bonds. The van der Waals surface area contributed by atoms with Gasteiger partial charge in [-0.1, -0.05) is 0 Å². The fourth-order valence-electron chi connectivity index (χ4n) is 0.349. The summed E-state index contributed by atoms with van der Waals surface area (Å²) in [7, 11) is 0. The molecule has 0 fully saturated rings. The molecule has 0 bridgehead atoms. The van der Waals surface area contributed by atoms with E-state index in [1.807, 2.05) is 0 Å². The van der Waals surface area contributed by atoms with Crippen molar-refractivity contribution in [2.75, 3.05) is 0 Å². The van der Waals surface area contributed by atoms with E-state index in [2.05, 4.69) is 10.3 Å². The molecule has 9 heavy (non-hydrogen) atoms. The molecule has 4 nitrogen and oxygen atoms in total. The predicted molar refractivity (Wildman–Crippen MR) is 36.3 cm³/mol. The molecular weight excluding hydrogens is 118 g/mol. The molecule has 0 aliphatic rings. The van der Waals surface area contributed by atoms with Crippen LogP contribution in [0, 0.1) is 0 Å². The molecule has 4 heteroatoms. The van der Waals surface area contributed by atoms with Crippen molar-refractivity contribution >= 4 is 12.2 Å². The quantitative estimate of drug-likeness (QED) is 0.389. The van der Waals surface area contributed by atoms with Crippen LogP contribution in [0.4, 0.5) is 4.79 Å². The van der Waals surface area contributed by atoms with Gasteiger partial charge >= 0.3 is 6.03 Å². The Labute approximate surface area is 54.1 Å². The number of aliphatic imine (C=N–C) groups is 1. The summed E-state index contributed by atoms with van der Waals surface area (Å²) in [5, 5.41) is 2.38. The second-order valence-corrected chi connectivity index (χ2v) is 1.63. The molecule has 0 aromatic rings. The highest BCUT2D eigenvalue weighted by molar-refractivity contribution is 5.82. The minimum Gasteiger partial charge on any atom is -0.321 e. The Hall–Kier alpha value is -0.900. The van der Waals surface area contributed by atoms with Crippen molar-refractivity contribution in [3.63, 3.8) is 0 Å². The summed E-state index contributed by atoms with van der Waals surface area (Å²) in [4.78, 5) is 13.9. The van der Waals surface area contributed by atoms with Crippen LogP contribution >= 0.6 is 0 Å². The topological polar surface area (TPSA) is 67.5 Å². The number of carbonyl (C=O) groups excluding carboxylic acids is 1. The van der Waals surface area contributed by atoms with E-state index in [1.54, 1.807) is 13.8 Å². The maximum atomic E-state index is 10.5. The van der Waals surface area contributed by atoms with Gasteiger partial charge in [0.15, 0.2) is 0 Å². The van der Waals surface area contributed by atoms with E-state index in [-0.39, 0.29) is 6.17 Å². The van der Waals surface area contributed by atoms with Crippen LogP contribution in [0.1, 0.15) is 13.8 Å². The summed E-state index contributed by atoms with van der Waals surface area (Å²) in [6.45, 7) is 3.34. The van der Waals surface area contributed by atoms with Gasteiger partial charge in [0.1, 0.15) is 0 Å². The van der Waals surface area contributed by atoms with Gasteiger partial charge in [0.25, 0.3) is 0 Å². The maximum absolute atomic E-state index is 10.5. The van der Waals surface area contributed by atoms with Gasteiger partial charge in [-0.05, 0) is 13.8 Å². The lowest BCUT2D eigenvalue weighted by molar-refractivity contribution is 0.246. The Bertz CT molecular complexity index is 119. The molecule has 0 spiro atoms. The van der Waals surface area contributed by atoms with Gasteiger partial charge < -0.3 is 11.1 Å². The van der Waals surface area contributed by atoms with Gasteiger partial charge in [0.05, 0.1) is 6.17 Å². The normalized spacial score (nSPS) is 13.7. The highest BCUT2D eigenvalue weighted by Gasteiger charge is 1.96. The van der Waals surface area contributed by atoms with Crippen LogP contribution in [0.2, 0.25) is 0 Å². The molecular formula is C5H11N3O. The molecule has 0 aromatic heterocycles. The highest BCUT2D eigenvalue weighted by Crippen LogP contribution is 1.73. The molecule has 1 unspecified atom stereocenters. The number of hydrogen-bond donors (Lipinski definition) is 2. The SMILES string of the molecule is CC=NC(=O)NC(C)N. The third-order valence-corrected chi connectivity index (χ3v) is 0.597. The van der Waals surface area contributed by atoms with Crippen molar-refractivity contribution in [3.05, 3.63) is 0 Å². The van der Waals surface area contributed by atoms with E-state index in [4.69, 9.17) is 5.73 Å².